The van der Waals surface area contributed by atoms with Crippen LogP contribution in [0.15, 0.2) is 18.2 Å². The Kier molecular flexibility index (Phi) is 9.50. The summed E-state index contributed by atoms with van der Waals surface area (Å²) in [5.41, 5.74) is 1.95. The number of rotatable bonds is 10. The van der Waals surface area contributed by atoms with Crippen LogP contribution in [0.1, 0.15) is 76.6 Å². The quantitative estimate of drug-likeness (QED) is 0.450. The Labute approximate surface area is 203 Å². The molecule has 0 heterocycles. The number of carbonyl (C=O) groups is 3. The van der Waals surface area contributed by atoms with Gasteiger partial charge in [-0.1, -0.05) is 38.5 Å². The lowest BCUT2D eigenvalue weighted by Gasteiger charge is -2.35. The summed E-state index contributed by atoms with van der Waals surface area (Å²) in [6, 6.07) is 3.47. The number of aliphatic hydroxyl groups excluding tert-OH is 1. The molecule has 3 amide bonds. The number of ether oxygens (including phenoxy) is 1. The first-order chi connectivity index (χ1) is 15.9. The van der Waals surface area contributed by atoms with Crippen molar-refractivity contribution in [2.45, 2.75) is 91.5 Å². The summed E-state index contributed by atoms with van der Waals surface area (Å²) >= 11 is 0. The lowest BCUT2D eigenvalue weighted by Crippen LogP contribution is -2.55. The van der Waals surface area contributed by atoms with E-state index in [1.165, 1.54) is 0 Å². The summed E-state index contributed by atoms with van der Waals surface area (Å²) in [5.74, 6) is -0.552. The fraction of sp³-hybridized carbons (Fsp3) is 0.654. The van der Waals surface area contributed by atoms with Crippen molar-refractivity contribution in [2.24, 2.45) is 5.92 Å². The topological polar surface area (TPSA) is 108 Å². The highest BCUT2D eigenvalue weighted by Crippen LogP contribution is 2.41. The van der Waals surface area contributed by atoms with E-state index in [4.69, 9.17) is 4.74 Å². The molecular formula is C26H41N3O5. The highest BCUT2D eigenvalue weighted by Gasteiger charge is 2.48. The molecule has 0 saturated heterocycles. The number of amides is 3. The van der Waals surface area contributed by atoms with E-state index in [0.29, 0.717) is 6.54 Å². The molecule has 8 heteroatoms. The van der Waals surface area contributed by atoms with Gasteiger partial charge < -0.3 is 25.4 Å². The maximum atomic E-state index is 13.8. The van der Waals surface area contributed by atoms with Gasteiger partial charge in [-0.05, 0) is 70.1 Å². The molecule has 0 aliphatic heterocycles. The molecule has 0 spiro atoms. The first kappa shape index (κ1) is 27.6. The van der Waals surface area contributed by atoms with Gasteiger partial charge in [-0.2, -0.15) is 0 Å². The summed E-state index contributed by atoms with van der Waals surface area (Å²) in [7, 11) is 0. The van der Waals surface area contributed by atoms with Crippen LogP contribution in [-0.4, -0.2) is 58.8 Å². The Bertz CT molecular complexity index is 880. The fourth-order valence-electron chi connectivity index (χ4n) is 3.96. The largest absolute Gasteiger partial charge is 0.444 e. The van der Waals surface area contributed by atoms with Crippen molar-refractivity contribution in [2.75, 3.05) is 13.2 Å². The third-order valence-corrected chi connectivity index (χ3v) is 6.15. The number of aliphatic hydroxyl groups is 1. The smallest absolute Gasteiger partial charge is 0.408 e. The predicted octanol–water partition coefficient (Wildman–Crippen LogP) is 3.38. The SMILES string of the molecule is CCCCNC(=O)C(c1cccc(C)c1C)N(C(=O)C(CO)NC(=O)OC(C)(C)C)C1CC1C. The van der Waals surface area contributed by atoms with Crippen LogP contribution in [0.3, 0.4) is 0 Å². The highest BCUT2D eigenvalue weighted by molar-refractivity contribution is 5.93. The van der Waals surface area contributed by atoms with Gasteiger partial charge in [0.1, 0.15) is 17.7 Å². The number of carbonyl (C=O) groups excluding carboxylic acids is 3. The molecule has 4 atom stereocenters. The summed E-state index contributed by atoms with van der Waals surface area (Å²) in [4.78, 5) is 41.2. The van der Waals surface area contributed by atoms with Gasteiger partial charge in [0, 0.05) is 12.6 Å². The minimum absolute atomic E-state index is 0.163. The zero-order chi connectivity index (χ0) is 25.6. The van der Waals surface area contributed by atoms with Crippen molar-refractivity contribution < 1.29 is 24.2 Å². The van der Waals surface area contributed by atoms with Gasteiger partial charge in [-0.25, -0.2) is 4.79 Å². The van der Waals surface area contributed by atoms with Crippen molar-refractivity contribution in [3.63, 3.8) is 0 Å². The van der Waals surface area contributed by atoms with Crippen LogP contribution in [0.5, 0.6) is 0 Å². The Morgan fingerprint density at radius 1 is 1.24 bits per heavy atom. The monoisotopic (exact) mass is 475 g/mol. The van der Waals surface area contributed by atoms with E-state index in [1.54, 1.807) is 25.7 Å². The summed E-state index contributed by atoms with van der Waals surface area (Å²) < 4.78 is 5.28. The molecule has 0 bridgehead atoms. The number of hydrogen-bond donors (Lipinski definition) is 3. The van der Waals surface area contributed by atoms with E-state index in [0.717, 1.165) is 36.0 Å². The molecule has 8 nitrogen and oxygen atoms in total. The van der Waals surface area contributed by atoms with Crippen LogP contribution in [0, 0.1) is 19.8 Å². The first-order valence-electron chi connectivity index (χ1n) is 12.2. The zero-order valence-corrected chi connectivity index (χ0v) is 21.6. The third kappa shape index (κ3) is 7.19. The van der Waals surface area contributed by atoms with E-state index in [2.05, 4.69) is 10.6 Å². The molecule has 2 rings (SSSR count). The second-order valence-electron chi connectivity index (χ2n) is 10.2. The molecule has 1 saturated carbocycles. The number of alkyl carbamates (subject to hydrolysis) is 1. The highest BCUT2D eigenvalue weighted by atomic mass is 16.6. The molecule has 1 aromatic carbocycles. The van der Waals surface area contributed by atoms with Crippen molar-refractivity contribution >= 4 is 17.9 Å². The molecule has 1 aliphatic carbocycles. The summed E-state index contributed by atoms with van der Waals surface area (Å²) in [6.45, 7) is 13.0. The predicted molar refractivity (Wildman–Crippen MR) is 131 cm³/mol. The number of aryl methyl sites for hydroxylation is 1. The molecule has 3 N–H and O–H groups in total. The molecule has 4 unspecified atom stereocenters. The number of benzene rings is 1. The lowest BCUT2D eigenvalue weighted by molar-refractivity contribution is -0.144. The molecular weight excluding hydrogens is 434 g/mol. The zero-order valence-electron chi connectivity index (χ0n) is 21.6. The summed E-state index contributed by atoms with van der Waals surface area (Å²) in [6.07, 6.45) is 1.72. The number of unbranched alkanes of at least 4 members (excludes halogenated alkanes) is 1. The van der Waals surface area contributed by atoms with Gasteiger partial charge >= 0.3 is 6.09 Å². The van der Waals surface area contributed by atoms with Crippen LogP contribution < -0.4 is 10.6 Å². The number of hydrogen-bond acceptors (Lipinski definition) is 5. The van der Waals surface area contributed by atoms with E-state index < -0.39 is 36.3 Å². The molecule has 0 aromatic heterocycles. The second kappa shape index (κ2) is 11.7. The Hall–Kier alpha value is -2.61. The number of nitrogens with zero attached hydrogens (tertiary/aromatic N) is 1. The Morgan fingerprint density at radius 3 is 2.41 bits per heavy atom. The number of nitrogens with one attached hydrogen (secondary N) is 2. The maximum Gasteiger partial charge on any atom is 0.408 e. The van der Waals surface area contributed by atoms with Gasteiger partial charge in [0.05, 0.1) is 6.61 Å². The molecule has 1 aromatic rings. The van der Waals surface area contributed by atoms with Gasteiger partial charge in [-0.15, -0.1) is 0 Å². The fourth-order valence-corrected chi connectivity index (χ4v) is 3.96. The van der Waals surface area contributed by atoms with E-state index in [-0.39, 0.29) is 17.9 Å². The standard InChI is InChI=1S/C26H41N3O5/c1-8-9-13-27-23(31)22(19-12-10-11-16(2)18(19)4)29(21-14-17(21)3)24(32)20(15-30)28-25(33)34-26(5,6)7/h10-12,17,20-22,30H,8-9,13-15H2,1-7H3,(H,27,31)(H,28,33). The molecule has 1 fully saturated rings. The van der Waals surface area contributed by atoms with Gasteiger partial charge in [0.2, 0.25) is 11.8 Å². The lowest BCUT2D eigenvalue weighted by atomic mass is 9.94. The van der Waals surface area contributed by atoms with Crippen molar-refractivity contribution in [1.82, 2.24) is 15.5 Å². The van der Waals surface area contributed by atoms with Gasteiger partial charge in [-0.3, -0.25) is 9.59 Å². The minimum atomic E-state index is -1.22. The second-order valence-corrected chi connectivity index (χ2v) is 10.2. The van der Waals surface area contributed by atoms with E-state index in [9.17, 15) is 19.5 Å². The van der Waals surface area contributed by atoms with Crippen molar-refractivity contribution in [1.29, 1.82) is 0 Å². The average molecular weight is 476 g/mol. The first-order valence-corrected chi connectivity index (χ1v) is 12.2. The van der Waals surface area contributed by atoms with Crippen LogP contribution in [0.4, 0.5) is 4.79 Å². The van der Waals surface area contributed by atoms with Crippen LogP contribution >= 0.6 is 0 Å². The average Bonchev–Trinajstić information content (AvgIpc) is 3.46. The van der Waals surface area contributed by atoms with E-state index in [1.807, 2.05) is 45.9 Å². The van der Waals surface area contributed by atoms with Gasteiger partial charge in [0.15, 0.2) is 0 Å². The van der Waals surface area contributed by atoms with E-state index >= 15 is 0 Å². The normalized spacial score (nSPS) is 19.1. The molecule has 1 aliphatic rings. The van der Waals surface area contributed by atoms with Crippen LogP contribution in [-0.2, 0) is 14.3 Å². The molecule has 34 heavy (non-hydrogen) atoms. The molecule has 0 radical (unpaired) electrons. The van der Waals surface area contributed by atoms with Crippen molar-refractivity contribution in [3.05, 3.63) is 34.9 Å². The molecule has 190 valence electrons. The third-order valence-electron chi connectivity index (χ3n) is 6.15. The minimum Gasteiger partial charge on any atom is -0.444 e. The van der Waals surface area contributed by atoms with Crippen LogP contribution in [0.2, 0.25) is 0 Å². The Balaban J connectivity index is 2.44. The van der Waals surface area contributed by atoms with Crippen molar-refractivity contribution in [3.8, 4) is 0 Å². The van der Waals surface area contributed by atoms with Gasteiger partial charge in [0.25, 0.3) is 0 Å². The Morgan fingerprint density at radius 2 is 1.88 bits per heavy atom. The summed E-state index contributed by atoms with van der Waals surface area (Å²) in [5, 5.41) is 15.5. The maximum absolute atomic E-state index is 13.8. The van der Waals surface area contributed by atoms with Crippen LogP contribution in [0.25, 0.3) is 0 Å².